The van der Waals surface area contributed by atoms with Gasteiger partial charge in [0.2, 0.25) is 0 Å². The fourth-order valence-corrected chi connectivity index (χ4v) is 2.06. The highest BCUT2D eigenvalue weighted by atomic mass is 19.1. The smallest absolute Gasteiger partial charge is 0.412 e. The fraction of sp³-hybridized carbons (Fsp3) is 0.286. The van der Waals surface area contributed by atoms with Crippen LogP contribution in [0.3, 0.4) is 0 Å². The number of nitrogen functional groups attached to an aromatic ring is 1. The predicted molar refractivity (Wildman–Crippen MR) is 78.2 cm³/mol. The van der Waals surface area contributed by atoms with E-state index in [9.17, 15) is 14.3 Å². The van der Waals surface area contributed by atoms with Crippen LogP contribution in [0, 0.1) is 5.82 Å². The number of anilines is 2. The molecule has 2 rings (SSSR count). The number of halogens is 1. The second kappa shape index (κ2) is 5.08. The number of benzene rings is 1. The number of nitrogens with zero attached hydrogens (tertiary/aromatic N) is 3. The molecule has 6 nitrogen and oxygen atoms in total. The number of para-hydroxylation sites is 1. The molecule has 7 heteroatoms. The van der Waals surface area contributed by atoms with Gasteiger partial charge < -0.3 is 10.8 Å². The lowest BCUT2D eigenvalue weighted by Gasteiger charge is -2.32. The van der Waals surface area contributed by atoms with Gasteiger partial charge in [0.25, 0.3) is 0 Å². The second-order valence-electron chi connectivity index (χ2n) is 5.58. The molecule has 0 atom stereocenters. The Morgan fingerprint density at radius 3 is 2.52 bits per heavy atom. The SMILES string of the molecule is CC(C)(C)N(C(=O)O)c1cn(-c2ccccc2F)nc1N. The van der Waals surface area contributed by atoms with Crippen molar-refractivity contribution in [3.63, 3.8) is 0 Å². The Morgan fingerprint density at radius 2 is 2.00 bits per heavy atom. The summed E-state index contributed by atoms with van der Waals surface area (Å²) in [5, 5.41) is 13.4. The van der Waals surface area contributed by atoms with E-state index in [1.807, 2.05) is 0 Å². The molecule has 1 aromatic carbocycles. The van der Waals surface area contributed by atoms with Gasteiger partial charge in [-0.15, -0.1) is 5.10 Å². The number of rotatable bonds is 2. The Labute approximate surface area is 121 Å². The maximum atomic E-state index is 13.8. The van der Waals surface area contributed by atoms with Crippen LogP contribution in [0.4, 0.5) is 20.7 Å². The van der Waals surface area contributed by atoms with E-state index in [4.69, 9.17) is 5.73 Å². The van der Waals surface area contributed by atoms with Gasteiger partial charge in [-0.3, -0.25) is 4.90 Å². The van der Waals surface area contributed by atoms with Crippen LogP contribution in [0.2, 0.25) is 0 Å². The third kappa shape index (κ3) is 2.81. The van der Waals surface area contributed by atoms with Crippen LogP contribution >= 0.6 is 0 Å². The van der Waals surface area contributed by atoms with E-state index >= 15 is 0 Å². The fourth-order valence-electron chi connectivity index (χ4n) is 2.06. The monoisotopic (exact) mass is 292 g/mol. The second-order valence-corrected chi connectivity index (χ2v) is 5.58. The van der Waals surface area contributed by atoms with Gasteiger partial charge in [-0.2, -0.15) is 0 Å². The van der Waals surface area contributed by atoms with E-state index in [2.05, 4.69) is 5.10 Å². The molecule has 0 saturated carbocycles. The Hall–Kier alpha value is -2.57. The summed E-state index contributed by atoms with van der Waals surface area (Å²) >= 11 is 0. The van der Waals surface area contributed by atoms with Crippen LogP contribution in [0.1, 0.15) is 20.8 Å². The van der Waals surface area contributed by atoms with Crippen LogP contribution in [0.5, 0.6) is 0 Å². The van der Waals surface area contributed by atoms with Gasteiger partial charge in [0.05, 0.1) is 6.20 Å². The van der Waals surface area contributed by atoms with Gasteiger partial charge in [0, 0.05) is 5.54 Å². The molecule has 1 amide bonds. The summed E-state index contributed by atoms with van der Waals surface area (Å²) in [6, 6.07) is 6.05. The van der Waals surface area contributed by atoms with Crippen molar-refractivity contribution in [2.75, 3.05) is 10.6 Å². The minimum atomic E-state index is -1.15. The molecule has 0 unspecified atom stereocenters. The third-order valence-electron chi connectivity index (χ3n) is 2.92. The molecule has 0 fully saturated rings. The highest BCUT2D eigenvalue weighted by molar-refractivity contribution is 5.90. The number of hydrogen-bond donors (Lipinski definition) is 2. The van der Waals surface area contributed by atoms with Crippen molar-refractivity contribution in [2.24, 2.45) is 0 Å². The topological polar surface area (TPSA) is 84.4 Å². The van der Waals surface area contributed by atoms with Gasteiger partial charge in [0.15, 0.2) is 5.82 Å². The molecule has 2 aromatic rings. The summed E-state index contributed by atoms with van der Waals surface area (Å²) < 4.78 is 15.0. The van der Waals surface area contributed by atoms with Crippen molar-refractivity contribution < 1.29 is 14.3 Å². The average molecular weight is 292 g/mol. The first-order valence-electron chi connectivity index (χ1n) is 6.35. The summed E-state index contributed by atoms with van der Waals surface area (Å²) in [6.45, 7) is 5.21. The van der Waals surface area contributed by atoms with E-state index in [0.717, 1.165) is 4.90 Å². The van der Waals surface area contributed by atoms with Gasteiger partial charge in [0.1, 0.15) is 17.2 Å². The summed E-state index contributed by atoms with van der Waals surface area (Å²) in [5.74, 6) is -0.445. The van der Waals surface area contributed by atoms with Crippen molar-refractivity contribution in [1.29, 1.82) is 0 Å². The van der Waals surface area contributed by atoms with Crippen molar-refractivity contribution in [2.45, 2.75) is 26.3 Å². The van der Waals surface area contributed by atoms with Crippen LogP contribution < -0.4 is 10.6 Å². The molecule has 0 aliphatic rings. The van der Waals surface area contributed by atoms with E-state index in [-0.39, 0.29) is 17.2 Å². The lowest BCUT2D eigenvalue weighted by molar-refractivity contribution is 0.195. The van der Waals surface area contributed by atoms with Crippen LogP contribution in [0.25, 0.3) is 5.69 Å². The average Bonchev–Trinajstić information content (AvgIpc) is 2.69. The van der Waals surface area contributed by atoms with Gasteiger partial charge in [-0.05, 0) is 32.9 Å². The Bertz CT molecular complexity index is 676. The lowest BCUT2D eigenvalue weighted by atomic mass is 10.1. The van der Waals surface area contributed by atoms with Crippen LogP contribution in [0.15, 0.2) is 30.5 Å². The highest BCUT2D eigenvalue weighted by Gasteiger charge is 2.31. The zero-order valence-corrected chi connectivity index (χ0v) is 12.0. The summed E-state index contributed by atoms with van der Waals surface area (Å²) in [5.41, 5.74) is 5.52. The van der Waals surface area contributed by atoms with E-state index in [0.29, 0.717) is 0 Å². The zero-order chi connectivity index (χ0) is 15.8. The normalized spacial score (nSPS) is 11.4. The number of carboxylic acid groups (broad SMARTS) is 1. The molecule has 0 radical (unpaired) electrons. The van der Waals surface area contributed by atoms with Gasteiger partial charge >= 0.3 is 6.09 Å². The summed E-state index contributed by atoms with van der Waals surface area (Å²) in [4.78, 5) is 12.6. The molecule has 112 valence electrons. The molecule has 0 spiro atoms. The Balaban J connectivity index is 2.54. The number of carbonyl (C=O) groups is 1. The minimum Gasteiger partial charge on any atom is -0.465 e. The third-order valence-corrected chi connectivity index (χ3v) is 2.92. The minimum absolute atomic E-state index is 0.0237. The quantitative estimate of drug-likeness (QED) is 0.891. The number of amides is 1. The maximum absolute atomic E-state index is 13.8. The highest BCUT2D eigenvalue weighted by Crippen LogP contribution is 2.30. The largest absolute Gasteiger partial charge is 0.465 e. The van der Waals surface area contributed by atoms with Gasteiger partial charge in [-0.25, -0.2) is 13.9 Å². The lowest BCUT2D eigenvalue weighted by Crippen LogP contribution is -2.45. The molecular weight excluding hydrogens is 275 g/mol. The van der Waals surface area contributed by atoms with E-state index < -0.39 is 17.4 Å². The molecule has 0 bridgehead atoms. The molecule has 0 saturated heterocycles. The van der Waals surface area contributed by atoms with E-state index in [1.165, 1.54) is 23.0 Å². The van der Waals surface area contributed by atoms with Crippen molar-refractivity contribution >= 4 is 17.6 Å². The van der Waals surface area contributed by atoms with Gasteiger partial charge in [-0.1, -0.05) is 12.1 Å². The van der Waals surface area contributed by atoms with Crippen LogP contribution in [-0.2, 0) is 0 Å². The predicted octanol–water partition coefficient (Wildman–Crippen LogP) is 2.88. The zero-order valence-electron chi connectivity index (χ0n) is 12.0. The number of nitrogens with two attached hydrogens (primary N) is 1. The van der Waals surface area contributed by atoms with Crippen LogP contribution in [-0.4, -0.2) is 26.5 Å². The Kier molecular flexibility index (Phi) is 3.59. The summed E-state index contributed by atoms with van der Waals surface area (Å²) in [7, 11) is 0. The molecule has 1 heterocycles. The van der Waals surface area contributed by atoms with Crippen molar-refractivity contribution in [1.82, 2.24) is 9.78 Å². The first-order valence-corrected chi connectivity index (χ1v) is 6.35. The molecule has 0 aliphatic carbocycles. The molecular formula is C14H17FN4O2. The Morgan fingerprint density at radius 1 is 1.38 bits per heavy atom. The molecule has 3 N–H and O–H groups in total. The molecule has 0 aliphatic heterocycles. The van der Waals surface area contributed by atoms with Crippen molar-refractivity contribution in [3.05, 3.63) is 36.3 Å². The van der Waals surface area contributed by atoms with Crippen molar-refractivity contribution in [3.8, 4) is 5.69 Å². The first-order chi connectivity index (χ1) is 9.71. The molecule has 1 aromatic heterocycles. The standard InChI is InChI=1S/C14H17FN4O2/c1-14(2,3)19(13(20)21)11-8-18(17-12(11)16)10-7-5-4-6-9(10)15/h4-8H,1-3H3,(H2,16,17)(H,20,21). The molecule has 21 heavy (non-hydrogen) atoms. The number of aromatic nitrogens is 2. The first kappa shape index (κ1) is 14.8. The summed E-state index contributed by atoms with van der Waals surface area (Å²) in [6.07, 6.45) is 0.259. The van der Waals surface area contributed by atoms with E-state index in [1.54, 1.807) is 32.9 Å². The maximum Gasteiger partial charge on any atom is 0.412 e. The number of hydrogen-bond acceptors (Lipinski definition) is 3.